The van der Waals surface area contributed by atoms with Crippen molar-refractivity contribution in [3.8, 4) is 0 Å². The number of ketones is 1. The molecule has 0 atom stereocenters. The summed E-state index contributed by atoms with van der Waals surface area (Å²) in [6, 6.07) is 2.87. The quantitative estimate of drug-likeness (QED) is 0.592. The second-order valence-corrected chi connectivity index (χ2v) is 3.67. The van der Waals surface area contributed by atoms with Crippen molar-refractivity contribution in [1.82, 2.24) is 0 Å². The van der Waals surface area contributed by atoms with Crippen LogP contribution in [-0.4, -0.2) is 11.7 Å². The summed E-state index contributed by atoms with van der Waals surface area (Å²) in [6.45, 7) is 1.79. The summed E-state index contributed by atoms with van der Waals surface area (Å²) < 4.78 is 13.6. The minimum absolute atomic E-state index is 0.0370. The number of Topliss-reactive ketones (excluding diaryl/α,β-unsaturated/α-hetero) is 1. The molecule has 0 unspecified atom stereocenters. The standard InChI is InChI=1S/C9H7BrClFO/c1-5-2-3-6(12)8(9(5)10)7(13)4-11/h2-3H,4H2,1H3. The number of benzene rings is 1. The summed E-state index contributed by atoms with van der Waals surface area (Å²) in [5, 5.41) is 0. The molecule has 0 N–H and O–H groups in total. The van der Waals surface area contributed by atoms with Crippen LogP contribution in [0.1, 0.15) is 15.9 Å². The normalized spacial score (nSPS) is 10.2. The Balaban J connectivity index is 3.33. The van der Waals surface area contributed by atoms with Crippen LogP contribution in [0.15, 0.2) is 16.6 Å². The van der Waals surface area contributed by atoms with Gasteiger partial charge in [-0.15, -0.1) is 11.6 Å². The second kappa shape index (κ2) is 4.20. The molecule has 0 aliphatic rings. The first-order valence-corrected chi connectivity index (χ1v) is 4.94. The number of halogens is 3. The predicted octanol–water partition coefficient (Wildman–Crippen LogP) is 3.32. The van der Waals surface area contributed by atoms with Gasteiger partial charge in [-0.05, 0) is 34.5 Å². The molecular formula is C9H7BrClFO. The molecule has 0 bridgehead atoms. The van der Waals surface area contributed by atoms with Crippen LogP contribution in [0, 0.1) is 12.7 Å². The molecule has 0 saturated carbocycles. The van der Waals surface area contributed by atoms with Crippen molar-refractivity contribution in [2.45, 2.75) is 6.92 Å². The first kappa shape index (κ1) is 10.7. The lowest BCUT2D eigenvalue weighted by Crippen LogP contribution is -2.05. The van der Waals surface area contributed by atoms with E-state index in [4.69, 9.17) is 11.6 Å². The molecule has 0 amide bonds. The SMILES string of the molecule is Cc1ccc(F)c(C(=O)CCl)c1Br. The lowest BCUT2D eigenvalue weighted by Gasteiger charge is -2.05. The van der Waals surface area contributed by atoms with Gasteiger partial charge in [-0.1, -0.05) is 6.07 Å². The third kappa shape index (κ3) is 2.09. The number of carbonyl (C=O) groups excluding carboxylic acids is 1. The molecule has 70 valence electrons. The number of rotatable bonds is 2. The van der Waals surface area contributed by atoms with Gasteiger partial charge in [0.25, 0.3) is 0 Å². The lowest BCUT2D eigenvalue weighted by atomic mass is 10.1. The molecule has 0 aliphatic carbocycles. The van der Waals surface area contributed by atoms with Crippen LogP contribution in [0.25, 0.3) is 0 Å². The summed E-state index contributed by atoms with van der Waals surface area (Å²) in [6.07, 6.45) is 0. The van der Waals surface area contributed by atoms with Gasteiger partial charge in [0.15, 0.2) is 5.78 Å². The van der Waals surface area contributed by atoms with E-state index in [-0.39, 0.29) is 11.4 Å². The van der Waals surface area contributed by atoms with Crippen LogP contribution >= 0.6 is 27.5 Å². The van der Waals surface area contributed by atoms with Crippen molar-refractivity contribution >= 4 is 33.3 Å². The average molecular weight is 266 g/mol. The molecule has 4 heteroatoms. The van der Waals surface area contributed by atoms with Crippen LogP contribution in [0.4, 0.5) is 4.39 Å². The summed E-state index contributed by atoms with van der Waals surface area (Å²) in [5.74, 6) is -1.16. The van der Waals surface area contributed by atoms with E-state index in [2.05, 4.69) is 15.9 Å². The van der Waals surface area contributed by atoms with Gasteiger partial charge < -0.3 is 0 Å². The molecule has 1 rings (SSSR count). The van der Waals surface area contributed by atoms with Gasteiger partial charge in [0, 0.05) is 4.47 Å². The number of carbonyl (C=O) groups is 1. The summed E-state index contributed by atoms with van der Waals surface area (Å²) in [4.78, 5) is 11.2. The zero-order chi connectivity index (χ0) is 10.0. The highest BCUT2D eigenvalue weighted by atomic mass is 79.9. The van der Waals surface area contributed by atoms with E-state index in [0.29, 0.717) is 4.47 Å². The molecule has 13 heavy (non-hydrogen) atoms. The second-order valence-electron chi connectivity index (χ2n) is 2.61. The van der Waals surface area contributed by atoms with E-state index in [1.54, 1.807) is 13.0 Å². The van der Waals surface area contributed by atoms with Gasteiger partial charge in [0.2, 0.25) is 0 Å². The zero-order valence-electron chi connectivity index (χ0n) is 6.90. The van der Waals surface area contributed by atoms with Crippen LogP contribution in [0.2, 0.25) is 0 Å². The van der Waals surface area contributed by atoms with Crippen molar-refractivity contribution in [3.05, 3.63) is 33.5 Å². The third-order valence-corrected chi connectivity index (χ3v) is 2.95. The first-order valence-electron chi connectivity index (χ1n) is 3.61. The maximum atomic E-state index is 13.2. The molecule has 1 aromatic carbocycles. The number of hydrogen-bond donors (Lipinski definition) is 0. The van der Waals surface area contributed by atoms with E-state index in [9.17, 15) is 9.18 Å². The molecule has 0 spiro atoms. The van der Waals surface area contributed by atoms with Gasteiger partial charge in [-0.3, -0.25) is 4.79 Å². The molecule has 0 radical (unpaired) electrons. The minimum atomic E-state index is -0.539. The van der Waals surface area contributed by atoms with E-state index in [1.165, 1.54) is 6.07 Å². The molecule has 1 nitrogen and oxygen atoms in total. The van der Waals surface area contributed by atoms with E-state index in [1.807, 2.05) is 0 Å². The Morgan fingerprint density at radius 3 is 2.77 bits per heavy atom. The Hall–Kier alpha value is -0.410. The summed E-state index contributed by atoms with van der Waals surface area (Å²) >= 11 is 8.50. The molecular weight excluding hydrogens is 258 g/mol. The third-order valence-electron chi connectivity index (χ3n) is 1.68. The topological polar surface area (TPSA) is 17.1 Å². The predicted molar refractivity (Wildman–Crippen MR) is 53.9 cm³/mol. The largest absolute Gasteiger partial charge is 0.293 e. The highest BCUT2D eigenvalue weighted by Crippen LogP contribution is 2.24. The van der Waals surface area contributed by atoms with E-state index < -0.39 is 11.6 Å². The van der Waals surface area contributed by atoms with Gasteiger partial charge in [-0.25, -0.2) is 4.39 Å². The van der Waals surface area contributed by atoms with Crippen LogP contribution in [-0.2, 0) is 0 Å². The van der Waals surface area contributed by atoms with Crippen LogP contribution < -0.4 is 0 Å². The van der Waals surface area contributed by atoms with Crippen molar-refractivity contribution < 1.29 is 9.18 Å². The van der Waals surface area contributed by atoms with Gasteiger partial charge in [0.05, 0.1) is 11.4 Å². The molecule has 0 heterocycles. The van der Waals surface area contributed by atoms with Gasteiger partial charge in [0.1, 0.15) is 5.82 Å². The van der Waals surface area contributed by atoms with Crippen molar-refractivity contribution in [1.29, 1.82) is 0 Å². The molecule has 0 aliphatic heterocycles. The molecule has 0 fully saturated rings. The molecule has 1 aromatic rings. The van der Waals surface area contributed by atoms with Crippen LogP contribution in [0.5, 0.6) is 0 Å². The average Bonchev–Trinajstić information content (AvgIpc) is 2.12. The Labute approximate surface area is 89.0 Å². The van der Waals surface area contributed by atoms with E-state index in [0.717, 1.165) is 5.56 Å². The lowest BCUT2D eigenvalue weighted by molar-refractivity contribution is 0.101. The summed E-state index contributed by atoms with van der Waals surface area (Å²) in [5.41, 5.74) is 0.852. The van der Waals surface area contributed by atoms with Gasteiger partial charge in [-0.2, -0.15) is 0 Å². The number of hydrogen-bond acceptors (Lipinski definition) is 1. The Kier molecular flexibility index (Phi) is 3.45. The highest BCUT2D eigenvalue weighted by molar-refractivity contribution is 9.10. The smallest absolute Gasteiger partial charge is 0.181 e. The van der Waals surface area contributed by atoms with Crippen molar-refractivity contribution in [2.24, 2.45) is 0 Å². The fourth-order valence-electron chi connectivity index (χ4n) is 0.979. The minimum Gasteiger partial charge on any atom is -0.293 e. The zero-order valence-corrected chi connectivity index (χ0v) is 9.25. The monoisotopic (exact) mass is 264 g/mol. The maximum absolute atomic E-state index is 13.2. The van der Waals surface area contributed by atoms with Crippen LogP contribution in [0.3, 0.4) is 0 Å². The number of alkyl halides is 1. The fraction of sp³-hybridized carbons (Fsp3) is 0.222. The molecule has 0 aromatic heterocycles. The Morgan fingerprint density at radius 2 is 2.23 bits per heavy atom. The van der Waals surface area contributed by atoms with Crippen molar-refractivity contribution in [2.75, 3.05) is 5.88 Å². The molecule has 0 saturated heterocycles. The van der Waals surface area contributed by atoms with E-state index >= 15 is 0 Å². The Bertz CT molecular complexity index is 352. The maximum Gasteiger partial charge on any atom is 0.181 e. The fourth-order valence-corrected chi connectivity index (χ4v) is 1.66. The highest BCUT2D eigenvalue weighted by Gasteiger charge is 2.15. The number of aryl methyl sites for hydroxylation is 1. The Morgan fingerprint density at radius 1 is 1.62 bits per heavy atom. The summed E-state index contributed by atoms with van der Waals surface area (Å²) in [7, 11) is 0. The van der Waals surface area contributed by atoms with Crippen molar-refractivity contribution in [3.63, 3.8) is 0 Å². The first-order chi connectivity index (χ1) is 6.07. The van der Waals surface area contributed by atoms with Gasteiger partial charge >= 0.3 is 0 Å².